The largest absolute Gasteiger partial charge is 0.383 e. The van der Waals surface area contributed by atoms with Crippen molar-refractivity contribution >= 4 is 5.96 Å². The van der Waals surface area contributed by atoms with Gasteiger partial charge in [0.1, 0.15) is 0 Å². The summed E-state index contributed by atoms with van der Waals surface area (Å²) in [6.45, 7) is 2.25. The van der Waals surface area contributed by atoms with Crippen LogP contribution >= 0.6 is 0 Å². The Kier molecular flexibility index (Phi) is 6.74. The molecule has 5 heteroatoms. The van der Waals surface area contributed by atoms with Crippen molar-refractivity contribution < 1.29 is 4.74 Å². The van der Waals surface area contributed by atoms with Gasteiger partial charge in [0.15, 0.2) is 5.96 Å². The summed E-state index contributed by atoms with van der Waals surface area (Å²) in [5.41, 5.74) is 1.22. The molecular weight excluding hydrogens is 216 g/mol. The Bertz CT molecular complexity index is 327. The number of rotatable bonds is 6. The Labute approximate surface area is 102 Å². The van der Waals surface area contributed by atoms with E-state index in [4.69, 9.17) is 4.74 Å². The zero-order valence-corrected chi connectivity index (χ0v) is 10.4. The molecule has 0 aliphatic carbocycles. The summed E-state index contributed by atoms with van der Waals surface area (Å²) in [6.07, 6.45) is 4.59. The molecule has 0 unspecified atom stereocenters. The lowest BCUT2D eigenvalue weighted by Gasteiger charge is -2.11. The summed E-state index contributed by atoms with van der Waals surface area (Å²) < 4.78 is 4.96. The third-order valence-electron chi connectivity index (χ3n) is 2.25. The van der Waals surface area contributed by atoms with Gasteiger partial charge in [-0.3, -0.25) is 9.98 Å². The lowest BCUT2D eigenvalue weighted by molar-refractivity contribution is 0.203. The second-order valence-corrected chi connectivity index (χ2v) is 3.53. The number of ether oxygens (including phenoxy) is 1. The number of aliphatic imine (C=N–C) groups is 1. The molecule has 94 valence electrons. The van der Waals surface area contributed by atoms with Gasteiger partial charge in [0.2, 0.25) is 0 Å². The number of nitrogens with zero attached hydrogens (tertiary/aromatic N) is 2. The molecule has 1 aromatic heterocycles. The van der Waals surface area contributed by atoms with E-state index in [1.807, 2.05) is 12.3 Å². The van der Waals surface area contributed by atoms with Crippen molar-refractivity contribution in [3.05, 3.63) is 30.1 Å². The van der Waals surface area contributed by atoms with Crippen molar-refractivity contribution in [2.24, 2.45) is 4.99 Å². The van der Waals surface area contributed by atoms with Crippen molar-refractivity contribution in [2.45, 2.75) is 6.42 Å². The minimum absolute atomic E-state index is 0.670. The summed E-state index contributed by atoms with van der Waals surface area (Å²) in [7, 11) is 3.44. The first-order valence-corrected chi connectivity index (χ1v) is 5.69. The van der Waals surface area contributed by atoms with E-state index in [1.165, 1.54) is 5.56 Å². The molecule has 0 aliphatic rings. The third-order valence-corrected chi connectivity index (χ3v) is 2.25. The van der Waals surface area contributed by atoms with Crippen LogP contribution in [0.3, 0.4) is 0 Å². The summed E-state index contributed by atoms with van der Waals surface area (Å²) in [5, 5.41) is 6.39. The lowest BCUT2D eigenvalue weighted by Crippen LogP contribution is -2.39. The van der Waals surface area contributed by atoms with Gasteiger partial charge in [0, 0.05) is 39.6 Å². The third kappa shape index (κ3) is 5.87. The molecule has 1 aromatic rings. The minimum atomic E-state index is 0.670. The van der Waals surface area contributed by atoms with Crippen molar-refractivity contribution in [1.82, 2.24) is 15.6 Å². The molecule has 0 aliphatic heterocycles. The second-order valence-electron chi connectivity index (χ2n) is 3.53. The molecule has 1 heterocycles. The van der Waals surface area contributed by atoms with Crippen molar-refractivity contribution in [2.75, 3.05) is 33.9 Å². The first-order chi connectivity index (χ1) is 8.36. The van der Waals surface area contributed by atoms with Crippen LogP contribution in [-0.2, 0) is 11.2 Å². The lowest BCUT2D eigenvalue weighted by atomic mass is 10.2. The SMILES string of the molecule is CN=C(NCCOC)NCCc1cccnc1. The number of nitrogens with one attached hydrogen (secondary N) is 2. The number of aromatic nitrogens is 1. The van der Waals surface area contributed by atoms with Gasteiger partial charge >= 0.3 is 0 Å². The first kappa shape index (κ1) is 13.4. The van der Waals surface area contributed by atoms with E-state index in [0.717, 1.165) is 25.5 Å². The molecule has 0 radical (unpaired) electrons. The molecule has 0 amide bonds. The van der Waals surface area contributed by atoms with E-state index in [2.05, 4.69) is 26.7 Å². The van der Waals surface area contributed by atoms with Gasteiger partial charge in [-0.25, -0.2) is 0 Å². The van der Waals surface area contributed by atoms with Crippen LogP contribution in [0.5, 0.6) is 0 Å². The summed E-state index contributed by atoms with van der Waals surface area (Å²) in [6, 6.07) is 4.01. The average molecular weight is 236 g/mol. The number of hydrogen-bond acceptors (Lipinski definition) is 3. The second kappa shape index (κ2) is 8.52. The van der Waals surface area contributed by atoms with Crippen LogP contribution in [0.2, 0.25) is 0 Å². The quantitative estimate of drug-likeness (QED) is 0.427. The van der Waals surface area contributed by atoms with Gasteiger partial charge in [-0.05, 0) is 18.1 Å². The maximum Gasteiger partial charge on any atom is 0.191 e. The Hall–Kier alpha value is -1.62. The van der Waals surface area contributed by atoms with Crippen LogP contribution < -0.4 is 10.6 Å². The highest BCUT2D eigenvalue weighted by Gasteiger charge is 1.96. The van der Waals surface area contributed by atoms with E-state index in [-0.39, 0.29) is 0 Å². The summed E-state index contributed by atoms with van der Waals surface area (Å²) >= 11 is 0. The Balaban J connectivity index is 2.20. The van der Waals surface area contributed by atoms with Crippen LogP contribution in [0, 0.1) is 0 Å². The highest BCUT2D eigenvalue weighted by Crippen LogP contribution is 1.95. The molecule has 1 rings (SSSR count). The molecule has 17 heavy (non-hydrogen) atoms. The van der Waals surface area contributed by atoms with Crippen LogP contribution in [-0.4, -0.2) is 44.8 Å². The molecule has 0 bridgehead atoms. The minimum Gasteiger partial charge on any atom is -0.383 e. The van der Waals surface area contributed by atoms with E-state index in [1.54, 1.807) is 20.4 Å². The number of hydrogen-bond donors (Lipinski definition) is 2. The van der Waals surface area contributed by atoms with E-state index < -0.39 is 0 Å². The maximum atomic E-state index is 4.96. The maximum absolute atomic E-state index is 4.96. The zero-order chi connectivity index (χ0) is 12.3. The highest BCUT2D eigenvalue weighted by atomic mass is 16.5. The van der Waals surface area contributed by atoms with Crippen molar-refractivity contribution in [3.8, 4) is 0 Å². The molecular formula is C12H20N4O. The number of guanidine groups is 1. The van der Waals surface area contributed by atoms with Crippen LogP contribution in [0.1, 0.15) is 5.56 Å². The fourth-order valence-electron chi connectivity index (χ4n) is 1.36. The van der Waals surface area contributed by atoms with Gasteiger partial charge in [-0.1, -0.05) is 6.07 Å². The molecule has 0 aromatic carbocycles. The summed E-state index contributed by atoms with van der Waals surface area (Å²) in [4.78, 5) is 8.19. The number of methoxy groups -OCH3 is 1. The van der Waals surface area contributed by atoms with Crippen LogP contribution in [0.4, 0.5) is 0 Å². The molecule has 0 saturated heterocycles. The van der Waals surface area contributed by atoms with Gasteiger partial charge in [0.25, 0.3) is 0 Å². The normalized spacial score (nSPS) is 11.3. The van der Waals surface area contributed by atoms with E-state index in [0.29, 0.717) is 6.61 Å². The van der Waals surface area contributed by atoms with Gasteiger partial charge in [0.05, 0.1) is 6.61 Å². The first-order valence-electron chi connectivity index (χ1n) is 5.69. The number of pyridine rings is 1. The fourth-order valence-corrected chi connectivity index (χ4v) is 1.36. The highest BCUT2D eigenvalue weighted by molar-refractivity contribution is 5.79. The zero-order valence-electron chi connectivity index (χ0n) is 10.4. The molecule has 2 N–H and O–H groups in total. The Morgan fingerprint density at radius 1 is 1.41 bits per heavy atom. The summed E-state index contributed by atoms with van der Waals surface area (Å²) in [5.74, 6) is 0.797. The standard InChI is InChI=1S/C12H20N4O/c1-13-12(16-8-9-17-2)15-7-5-11-4-3-6-14-10-11/h3-4,6,10H,5,7-9H2,1-2H3,(H2,13,15,16). The fraction of sp³-hybridized carbons (Fsp3) is 0.500. The van der Waals surface area contributed by atoms with Gasteiger partial charge in [-0.2, -0.15) is 0 Å². The monoisotopic (exact) mass is 236 g/mol. The van der Waals surface area contributed by atoms with Crippen LogP contribution in [0.15, 0.2) is 29.5 Å². The predicted molar refractivity (Wildman–Crippen MR) is 69.2 cm³/mol. The molecule has 5 nitrogen and oxygen atoms in total. The van der Waals surface area contributed by atoms with E-state index in [9.17, 15) is 0 Å². The topological polar surface area (TPSA) is 58.5 Å². The Morgan fingerprint density at radius 3 is 2.88 bits per heavy atom. The van der Waals surface area contributed by atoms with Crippen molar-refractivity contribution in [1.29, 1.82) is 0 Å². The van der Waals surface area contributed by atoms with E-state index >= 15 is 0 Å². The molecule has 0 saturated carbocycles. The molecule has 0 spiro atoms. The van der Waals surface area contributed by atoms with Gasteiger partial charge < -0.3 is 15.4 Å². The van der Waals surface area contributed by atoms with Crippen molar-refractivity contribution in [3.63, 3.8) is 0 Å². The van der Waals surface area contributed by atoms with Crippen LogP contribution in [0.25, 0.3) is 0 Å². The predicted octanol–water partition coefficient (Wildman–Crippen LogP) is 0.435. The van der Waals surface area contributed by atoms with Gasteiger partial charge in [-0.15, -0.1) is 0 Å². The average Bonchev–Trinajstić information content (AvgIpc) is 2.38. The Morgan fingerprint density at radius 2 is 2.24 bits per heavy atom. The smallest absolute Gasteiger partial charge is 0.191 e. The molecule has 0 fully saturated rings. The molecule has 0 atom stereocenters.